The highest BCUT2D eigenvalue weighted by Crippen LogP contribution is 2.29. The Morgan fingerprint density at radius 1 is 0.661 bits per heavy atom. The van der Waals surface area contributed by atoms with Gasteiger partial charge in [-0.05, 0) is 62.3 Å². The van der Waals surface area contributed by atoms with Crippen LogP contribution in [0.4, 0.5) is 17.6 Å². The smallest absolute Gasteiger partial charge is 0.258 e. The van der Waals surface area contributed by atoms with Crippen LogP contribution in [0.1, 0.15) is 97.0 Å². The van der Waals surface area contributed by atoms with Crippen LogP contribution >= 0.6 is 0 Å². The normalized spacial score (nSPS) is 14.1. The topological polar surface area (TPSA) is 178 Å². The van der Waals surface area contributed by atoms with Gasteiger partial charge in [-0.15, -0.1) is 0 Å². The summed E-state index contributed by atoms with van der Waals surface area (Å²) in [6.45, 7) is 15.1. The third-order valence-corrected chi connectivity index (χ3v) is 9.03. The van der Waals surface area contributed by atoms with Crippen molar-refractivity contribution in [1.82, 2.24) is 31.9 Å². The van der Waals surface area contributed by atoms with Gasteiger partial charge in [-0.2, -0.15) is 8.78 Å². The van der Waals surface area contributed by atoms with Crippen LogP contribution in [0.5, 0.6) is 5.75 Å². The minimum atomic E-state index is -2.17. The number of benzene rings is 2. The summed E-state index contributed by atoms with van der Waals surface area (Å²) >= 11 is 0. The molecule has 2 rings (SSSR count). The molecule has 0 heterocycles. The molecule has 0 aliphatic rings. The third kappa shape index (κ3) is 14.1. The number of rotatable bonds is 22. The fourth-order valence-electron chi connectivity index (χ4n) is 6.09. The molecule has 0 fully saturated rings. The number of aromatic hydroxyl groups is 1. The molecule has 7 N–H and O–H groups in total. The number of carbonyl (C=O) groups is 5. The Hall–Kier alpha value is -4.73. The number of amides is 5. The van der Waals surface area contributed by atoms with Crippen molar-refractivity contribution in [2.75, 3.05) is 13.1 Å². The second-order valence-electron chi connectivity index (χ2n) is 15.0. The van der Waals surface area contributed by atoms with Gasteiger partial charge in [-0.3, -0.25) is 24.0 Å². The van der Waals surface area contributed by atoms with Gasteiger partial charge in [0.15, 0.2) is 17.4 Å². The number of carbonyl (C=O) groups excluding carboxylic acids is 5. The van der Waals surface area contributed by atoms with Gasteiger partial charge < -0.3 is 37.0 Å². The maximum Gasteiger partial charge on any atom is 0.258 e. The molecule has 12 nitrogen and oxygen atoms in total. The number of halogens is 4. The fraction of sp³-hybridized carbons (Fsp3) is 0.575. The van der Waals surface area contributed by atoms with Crippen LogP contribution < -0.4 is 31.9 Å². The molecule has 0 spiro atoms. The van der Waals surface area contributed by atoms with Crippen molar-refractivity contribution in [3.05, 3.63) is 64.7 Å². The zero-order valence-corrected chi connectivity index (χ0v) is 33.5. The van der Waals surface area contributed by atoms with Gasteiger partial charge in [0.2, 0.25) is 35.3 Å². The average molecular weight is 795 g/mol. The van der Waals surface area contributed by atoms with E-state index < -0.39 is 82.5 Å². The molecule has 5 atom stereocenters. The number of likely N-dealkylation sites (N-methyl/N-ethyl adjacent to an activating group) is 1. The molecule has 3 unspecified atom stereocenters. The SMILES string of the molecule is CCNC(=O)C(NC(=O)[C@H](CC)NCC(CC(C)C)NC(=O)[C@H](CCc1ccccc1)NC(=O)C(CC(C)C)NC(=O)c1c(F)c(F)c(O)c(F)c1F)C(C)C. The highest BCUT2D eigenvalue weighted by Gasteiger charge is 2.34. The maximum atomic E-state index is 14.6. The molecule has 0 radical (unpaired) electrons. The van der Waals surface area contributed by atoms with Crippen molar-refractivity contribution in [2.45, 2.75) is 118 Å². The van der Waals surface area contributed by atoms with E-state index in [0.717, 1.165) is 5.56 Å². The van der Waals surface area contributed by atoms with Crippen LogP contribution in [0.2, 0.25) is 0 Å². The Morgan fingerprint density at radius 2 is 1.21 bits per heavy atom. The van der Waals surface area contributed by atoms with E-state index in [1.54, 1.807) is 20.8 Å². The molecule has 0 saturated carbocycles. The predicted molar refractivity (Wildman–Crippen MR) is 204 cm³/mol. The lowest BCUT2D eigenvalue weighted by Gasteiger charge is -2.29. The zero-order chi connectivity index (χ0) is 42.3. The van der Waals surface area contributed by atoms with Gasteiger partial charge in [0.1, 0.15) is 23.7 Å². The number of phenols is 1. The van der Waals surface area contributed by atoms with Gasteiger partial charge in [0.05, 0.1) is 6.04 Å². The molecule has 5 amide bonds. The summed E-state index contributed by atoms with van der Waals surface area (Å²) in [5.74, 6) is -14.7. The van der Waals surface area contributed by atoms with E-state index in [0.29, 0.717) is 25.8 Å². The molecule has 0 aliphatic heterocycles. The number of hydrogen-bond acceptors (Lipinski definition) is 7. The summed E-state index contributed by atoms with van der Waals surface area (Å²) in [6.07, 6.45) is 1.21. The van der Waals surface area contributed by atoms with Gasteiger partial charge in [-0.25, -0.2) is 8.78 Å². The van der Waals surface area contributed by atoms with Crippen molar-refractivity contribution in [2.24, 2.45) is 17.8 Å². The van der Waals surface area contributed by atoms with E-state index >= 15 is 0 Å². The van der Waals surface area contributed by atoms with Crippen LogP contribution in [0.25, 0.3) is 0 Å². The highest BCUT2D eigenvalue weighted by atomic mass is 19.2. The summed E-state index contributed by atoms with van der Waals surface area (Å²) in [6, 6.07) is 4.48. The van der Waals surface area contributed by atoms with E-state index in [4.69, 9.17) is 0 Å². The lowest BCUT2D eigenvalue weighted by Crippen LogP contribution is -2.58. The second kappa shape index (κ2) is 22.7. The molecule has 0 aliphatic carbocycles. The molecule has 56 heavy (non-hydrogen) atoms. The fourth-order valence-corrected chi connectivity index (χ4v) is 6.09. The lowest BCUT2D eigenvalue weighted by atomic mass is 9.99. The Morgan fingerprint density at radius 3 is 1.73 bits per heavy atom. The van der Waals surface area contributed by atoms with E-state index in [2.05, 4.69) is 31.9 Å². The van der Waals surface area contributed by atoms with Gasteiger partial charge >= 0.3 is 0 Å². The van der Waals surface area contributed by atoms with Crippen LogP contribution in [0, 0.1) is 41.0 Å². The summed E-state index contributed by atoms with van der Waals surface area (Å²) in [7, 11) is 0. The van der Waals surface area contributed by atoms with Crippen LogP contribution in [0.3, 0.4) is 0 Å². The van der Waals surface area contributed by atoms with Crippen molar-refractivity contribution in [1.29, 1.82) is 0 Å². The van der Waals surface area contributed by atoms with Crippen LogP contribution in [0.15, 0.2) is 30.3 Å². The van der Waals surface area contributed by atoms with E-state index in [1.165, 1.54) is 0 Å². The number of aryl methyl sites for hydroxylation is 1. The largest absolute Gasteiger partial charge is 0.503 e. The first kappa shape index (κ1) is 47.4. The molecule has 0 bridgehead atoms. The second-order valence-corrected chi connectivity index (χ2v) is 15.0. The predicted octanol–water partition coefficient (Wildman–Crippen LogP) is 4.39. The Bertz CT molecular complexity index is 1620. The van der Waals surface area contributed by atoms with Gasteiger partial charge in [0, 0.05) is 19.1 Å². The van der Waals surface area contributed by atoms with E-state index in [1.807, 2.05) is 65.0 Å². The maximum absolute atomic E-state index is 14.6. The van der Waals surface area contributed by atoms with Gasteiger partial charge in [-0.1, -0.05) is 78.8 Å². The minimum Gasteiger partial charge on any atom is -0.503 e. The molecule has 0 aromatic heterocycles. The molecule has 16 heteroatoms. The molecular formula is C40H58F4N6O6. The van der Waals surface area contributed by atoms with Crippen molar-refractivity contribution in [3.8, 4) is 5.75 Å². The number of hydrogen-bond donors (Lipinski definition) is 7. The molecule has 312 valence electrons. The minimum absolute atomic E-state index is 0.0883. The zero-order valence-electron chi connectivity index (χ0n) is 33.5. The molecule has 2 aromatic carbocycles. The lowest BCUT2D eigenvalue weighted by molar-refractivity contribution is -0.131. The first-order valence-corrected chi connectivity index (χ1v) is 19.1. The summed E-state index contributed by atoms with van der Waals surface area (Å²) < 4.78 is 57.3. The van der Waals surface area contributed by atoms with Crippen LogP contribution in [-0.2, 0) is 25.6 Å². The quantitative estimate of drug-likeness (QED) is 0.0683. The summed E-state index contributed by atoms with van der Waals surface area (Å²) in [4.78, 5) is 66.7. The van der Waals surface area contributed by atoms with E-state index in [9.17, 15) is 46.6 Å². The Labute approximate surface area is 326 Å². The van der Waals surface area contributed by atoms with E-state index in [-0.39, 0.29) is 49.0 Å². The number of nitrogens with one attached hydrogen (secondary N) is 6. The molecule has 0 saturated heterocycles. The van der Waals surface area contributed by atoms with Crippen molar-refractivity contribution < 1.29 is 46.6 Å². The average Bonchev–Trinajstić information content (AvgIpc) is 3.13. The summed E-state index contributed by atoms with van der Waals surface area (Å²) in [5, 5.41) is 25.9. The third-order valence-electron chi connectivity index (χ3n) is 9.03. The Balaban J connectivity index is 2.35. The monoisotopic (exact) mass is 794 g/mol. The van der Waals surface area contributed by atoms with Crippen molar-refractivity contribution >= 4 is 29.5 Å². The first-order chi connectivity index (χ1) is 26.3. The highest BCUT2D eigenvalue weighted by molar-refractivity contribution is 5.99. The van der Waals surface area contributed by atoms with Crippen LogP contribution in [-0.4, -0.2) is 77.9 Å². The molecular weight excluding hydrogens is 736 g/mol. The standard InChI is InChI=1S/C40H58F4N6O6/c1-9-26(36(52)50-34(23(7)8)40(56)45-10-2)46-20-25(18-21(3)4)47-37(53)27(17-16-24-14-12-11-13-15-24)48-38(54)28(19-22(5)6)49-39(55)29-30(41)32(43)35(51)33(44)31(29)42/h11-15,21-23,25-28,34,46,51H,9-10,16-20H2,1-8H3,(H,45,56)(H,47,53)(H,48,54)(H,49,55)(H,50,52)/t25?,26-,27-,28?,34?/m0/s1. The van der Waals surface area contributed by atoms with Crippen molar-refractivity contribution in [3.63, 3.8) is 0 Å². The van der Waals surface area contributed by atoms with Gasteiger partial charge in [0.25, 0.3) is 5.91 Å². The molecule has 2 aromatic rings. The Kier molecular flexibility index (Phi) is 19.2. The summed E-state index contributed by atoms with van der Waals surface area (Å²) in [5.41, 5.74) is -0.803. The first-order valence-electron chi connectivity index (χ1n) is 19.1. The number of phenolic OH excluding ortho intramolecular Hbond substituents is 1.